The molecule has 0 saturated carbocycles. The Bertz CT molecular complexity index is 777. The van der Waals surface area contributed by atoms with E-state index in [-0.39, 0.29) is 10.8 Å². The smallest absolute Gasteiger partial charge is 0.246 e. The summed E-state index contributed by atoms with van der Waals surface area (Å²) in [6, 6.07) is 4.17. The number of benzene rings is 1. The Morgan fingerprint density at radius 2 is 2.22 bits per heavy atom. The van der Waals surface area contributed by atoms with E-state index in [0.29, 0.717) is 19.6 Å². The Balaban J connectivity index is 1.80. The molecule has 0 bridgehead atoms. The van der Waals surface area contributed by atoms with Gasteiger partial charge in [-0.2, -0.15) is 9.40 Å². The van der Waals surface area contributed by atoms with Gasteiger partial charge in [-0.1, -0.05) is 6.07 Å². The van der Waals surface area contributed by atoms with Gasteiger partial charge in [0.05, 0.1) is 0 Å². The molecule has 0 aliphatic carbocycles. The molecule has 1 aromatic heterocycles. The van der Waals surface area contributed by atoms with Crippen LogP contribution in [-0.2, 0) is 16.6 Å². The Morgan fingerprint density at radius 1 is 1.39 bits per heavy atom. The fraction of sp³-hybridized carbons (Fsp3) is 0.467. The molecule has 6 nitrogen and oxygen atoms in total. The van der Waals surface area contributed by atoms with Gasteiger partial charge in [-0.05, 0) is 43.4 Å². The van der Waals surface area contributed by atoms with Crippen molar-refractivity contribution in [2.75, 3.05) is 13.1 Å². The maximum Gasteiger partial charge on any atom is 0.246 e. The van der Waals surface area contributed by atoms with Crippen molar-refractivity contribution in [3.05, 3.63) is 42.2 Å². The lowest BCUT2D eigenvalue weighted by Crippen LogP contribution is -2.41. The van der Waals surface area contributed by atoms with Crippen LogP contribution in [0.25, 0.3) is 0 Å². The summed E-state index contributed by atoms with van der Waals surface area (Å²) in [6.07, 6.45) is 4.75. The Morgan fingerprint density at radius 3 is 2.96 bits per heavy atom. The maximum absolute atomic E-state index is 14.0. The quantitative estimate of drug-likeness (QED) is 0.853. The molecule has 1 fully saturated rings. The summed E-state index contributed by atoms with van der Waals surface area (Å²) in [7, 11) is -3.81. The van der Waals surface area contributed by atoms with Gasteiger partial charge in [0.15, 0.2) is 0 Å². The predicted octanol–water partition coefficient (Wildman–Crippen LogP) is 1.83. The Labute approximate surface area is 135 Å². The van der Waals surface area contributed by atoms with E-state index in [2.05, 4.69) is 10.1 Å². The summed E-state index contributed by atoms with van der Waals surface area (Å²) in [4.78, 5) is 3.66. The van der Waals surface area contributed by atoms with Crippen LogP contribution in [0.15, 0.2) is 35.7 Å². The van der Waals surface area contributed by atoms with Gasteiger partial charge >= 0.3 is 0 Å². The van der Waals surface area contributed by atoms with Crippen molar-refractivity contribution in [2.24, 2.45) is 5.92 Å². The number of aromatic nitrogens is 3. The fourth-order valence-electron chi connectivity index (χ4n) is 2.93. The van der Waals surface area contributed by atoms with Gasteiger partial charge in [-0.15, -0.1) is 0 Å². The van der Waals surface area contributed by atoms with Crippen molar-refractivity contribution in [1.29, 1.82) is 0 Å². The van der Waals surface area contributed by atoms with Crippen LogP contribution in [0.3, 0.4) is 0 Å². The van der Waals surface area contributed by atoms with Crippen LogP contribution in [0, 0.1) is 18.7 Å². The summed E-state index contributed by atoms with van der Waals surface area (Å²) >= 11 is 0. The molecule has 1 aromatic carbocycles. The lowest BCUT2D eigenvalue weighted by atomic mass is 10.00. The minimum atomic E-state index is -3.81. The van der Waals surface area contributed by atoms with Crippen molar-refractivity contribution in [3.63, 3.8) is 0 Å². The summed E-state index contributed by atoms with van der Waals surface area (Å²) in [6.45, 7) is 3.16. The second kappa shape index (κ2) is 6.37. The van der Waals surface area contributed by atoms with E-state index in [1.165, 1.54) is 22.8 Å². The van der Waals surface area contributed by atoms with E-state index in [0.717, 1.165) is 18.4 Å². The van der Waals surface area contributed by atoms with Gasteiger partial charge in [0.25, 0.3) is 0 Å². The van der Waals surface area contributed by atoms with Gasteiger partial charge in [-0.25, -0.2) is 17.8 Å². The van der Waals surface area contributed by atoms with E-state index in [1.54, 1.807) is 24.0 Å². The second-order valence-corrected chi connectivity index (χ2v) is 7.83. The van der Waals surface area contributed by atoms with E-state index in [9.17, 15) is 12.8 Å². The van der Waals surface area contributed by atoms with Crippen molar-refractivity contribution < 1.29 is 12.8 Å². The highest BCUT2D eigenvalue weighted by Crippen LogP contribution is 2.26. The first-order valence-electron chi connectivity index (χ1n) is 7.55. The highest BCUT2D eigenvalue weighted by atomic mass is 32.2. The van der Waals surface area contributed by atoms with Crippen LogP contribution < -0.4 is 0 Å². The molecular formula is C15H19FN4O2S. The molecule has 0 unspecified atom stereocenters. The van der Waals surface area contributed by atoms with E-state index in [1.807, 2.05) is 0 Å². The van der Waals surface area contributed by atoms with Crippen molar-refractivity contribution in [1.82, 2.24) is 19.1 Å². The van der Waals surface area contributed by atoms with Gasteiger partial charge in [-0.3, -0.25) is 4.68 Å². The molecule has 0 N–H and O–H groups in total. The number of hydrogen-bond acceptors (Lipinski definition) is 4. The highest BCUT2D eigenvalue weighted by molar-refractivity contribution is 7.89. The molecule has 23 heavy (non-hydrogen) atoms. The molecule has 2 heterocycles. The molecule has 124 valence electrons. The standard InChI is InChI=1S/C15H19FN4O2S/c1-12-4-5-14(16)15(7-12)23(21,22)20-6-2-3-13(9-20)8-19-11-17-10-18-19/h4-5,7,10-11,13H,2-3,6,8-9H2,1H3/t13-/m1/s1. The monoisotopic (exact) mass is 338 g/mol. The molecule has 1 aliphatic rings. The second-order valence-electron chi connectivity index (χ2n) is 5.92. The highest BCUT2D eigenvalue weighted by Gasteiger charge is 2.32. The predicted molar refractivity (Wildman–Crippen MR) is 82.6 cm³/mol. The summed E-state index contributed by atoms with van der Waals surface area (Å²) in [5.74, 6) is -0.554. The Kier molecular flexibility index (Phi) is 4.45. The summed E-state index contributed by atoms with van der Waals surface area (Å²) in [5.41, 5.74) is 0.723. The third kappa shape index (κ3) is 3.42. The number of sulfonamides is 1. The zero-order valence-corrected chi connectivity index (χ0v) is 13.7. The summed E-state index contributed by atoms with van der Waals surface area (Å²) < 4.78 is 42.6. The maximum atomic E-state index is 14.0. The fourth-order valence-corrected chi connectivity index (χ4v) is 4.64. The molecule has 3 rings (SSSR count). The number of nitrogens with zero attached hydrogens (tertiary/aromatic N) is 4. The topological polar surface area (TPSA) is 68.1 Å². The molecule has 0 amide bonds. The molecule has 0 radical (unpaired) electrons. The minimum Gasteiger partial charge on any atom is -0.253 e. The van der Waals surface area contributed by atoms with Gasteiger partial charge < -0.3 is 0 Å². The van der Waals surface area contributed by atoms with Crippen LogP contribution >= 0.6 is 0 Å². The number of rotatable bonds is 4. The van der Waals surface area contributed by atoms with Crippen LogP contribution in [-0.4, -0.2) is 40.6 Å². The normalized spacial score (nSPS) is 19.8. The molecule has 1 saturated heterocycles. The number of hydrogen-bond donors (Lipinski definition) is 0. The number of piperidine rings is 1. The van der Waals surface area contributed by atoms with Crippen LogP contribution in [0.2, 0.25) is 0 Å². The van der Waals surface area contributed by atoms with E-state index < -0.39 is 15.8 Å². The lowest BCUT2D eigenvalue weighted by Gasteiger charge is -2.31. The minimum absolute atomic E-state index is 0.146. The van der Waals surface area contributed by atoms with Gasteiger partial charge in [0.1, 0.15) is 23.4 Å². The van der Waals surface area contributed by atoms with Crippen molar-refractivity contribution in [3.8, 4) is 0 Å². The molecule has 8 heteroatoms. The van der Waals surface area contributed by atoms with Crippen LogP contribution in [0.1, 0.15) is 18.4 Å². The largest absolute Gasteiger partial charge is 0.253 e. The van der Waals surface area contributed by atoms with E-state index >= 15 is 0 Å². The SMILES string of the molecule is Cc1ccc(F)c(S(=O)(=O)N2CCC[C@H](Cn3cncn3)C2)c1. The lowest BCUT2D eigenvalue weighted by molar-refractivity contribution is 0.239. The zero-order chi connectivity index (χ0) is 16.4. The van der Waals surface area contributed by atoms with E-state index in [4.69, 9.17) is 0 Å². The average molecular weight is 338 g/mol. The first-order valence-corrected chi connectivity index (χ1v) is 8.99. The molecular weight excluding hydrogens is 319 g/mol. The van der Waals surface area contributed by atoms with Crippen LogP contribution in [0.4, 0.5) is 4.39 Å². The molecule has 0 spiro atoms. The summed E-state index contributed by atoms with van der Waals surface area (Å²) in [5, 5.41) is 4.06. The third-order valence-electron chi connectivity index (χ3n) is 4.10. The first kappa shape index (κ1) is 16.1. The van der Waals surface area contributed by atoms with Crippen molar-refractivity contribution in [2.45, 2.75) is 31.2 Å². The first-order chi connectivity index (χ1) is 11.0. The van der Waals surface area contributed by atoms with Crippen LogP contribution in [0.5, 0.6) is 0 Å². The zero-order valence-electron chi connectivity index (χ0n) is 12.9. The third-order valence-corrected chi connectivity index (χ3v) is 5.98. The van der Waals surface area contributed by atoms with Crippen molar-refractivity contribution >= 4 is 10.0 Å². The molecule has 1 atom stereocenters. The average Bonchev–Trinajstić information content (AvgIpc) is 3.03. The molecule has 1 aliphatic heterocycles. The number of aryl methyl sites for hydroxylation is 1. The Hall–Kier alpha value is -1.80. The van der Waals surface area contributed by atoms with Gasteiger partial charge in [0, 0.05) is 19.6 Å². The molecule has 2 aromatic rings. The van der Waals surface area contributed by atoms with Gasteiger partial charge in [0.2, 0.25) is 10.0 Å². The number of halogens is 1.